The fourth-order valence-electron chi connectivity index (χ4n) is 4.03. The van der Waals surface area contributed by atoms with E-state index in [1.165, 1.54) is 31.4 Å². The van der Waals surface area contributed by atoms with E-state index in [-0.39, 0.29) is 0 Å². The van der Waals surface area contributed by atoms with E-state index in [9.17, 15) is 0 Å². The lowest BCUT2D eigenvalue weighted by atomic mass is 10.0. The lowest BCUT2D eigenvalue weighted by molar-refractivity contribution is 0.424. The van der Waals surface area contributed by atoms with Gasteiger partial charge < -0.3 is 19.7 Å². The van der Waals surface area contributed by atoms with Crippen LogP contribution in [0.4, 0.5) is 0 Å². The third kappa shape index (κ3) is 5.23. The quantitative estimate of drug-likeness (QED) is 0.737. The van der Waals surface area contributed by atoms with Gasteiger partial charge in [-0.05, 0) is 25.7 Å². The number of hydrogen-bond acceptors (Lipinski definition) is 4. The molecule has 0 atom stereocenters. The van der Waals surface area contributed by atoms with E-state index in [0.29, 0.717) is 0 Å². The predicted molar refractivity (Wildman–Crippen MR) is 127 cm³/mol. The molecule has 1 aromatic rings. The summed E-state index contributed by atoms with van der Waals surface area (Å²) in [5.41, 5.74) is 3.62. The first-order valence-electron chi connectivity index (χ1n) is 11.0. The molecule has 0 amide bonds. The fourth-order valence-corrected chi connectivity index (χ4v) is 4.03. The second kappa shape index (κ2) is 10.3. The van der Waals surface area contributed by atoms with Crippen molar-refractivity contribution in [3.8, 4) is 0 Å². The first-order chi connectivity index (χ1) is 14.5. The number of hydrogen-bond donors (Lipinski definition) is 1. The summed E-state index contributed by atoms with van der Waals surface area (Å²) in [5, 5.41) is 3.39. The second-order valence-corrected chi connectivity index (χ2v) is 8.14. The van der Waals surface area contributed by atoms with Crippen LogP contribution in [0, 0.1) is 5.92 Å². The van der Waals surface area contributed by atoms with Crippen LogP contribution >= 0.6 is 0 Å². The Hall–Kier alpha value is -2.76. The van der Waals surface area contributed by atoms with Gasteiger partial charge in [-0.3, -0.25) is 4.99 Å². The van der Waals surface area contributed by atoms with Gasteiger partial charge in [0, 0.05) is 64.0 Å². The van der Waals surface area contributed by atoms with E-state index in [4.69, 9.17) is 0 Å². The van der Waals surface area contributed by atoms with Crippen molar-refractivity contribution in [1.82, 2.24) is 24.7 Å². The Labute approximate surface area is 181 Å². The van der Waals surface area contributed by atoms with Crippen molar-refractivity contribution in [3.05, 3.63) is 54.5 Å². The molecule has 6 heteroatoms. The smallest absolute Gasteiger partial charge is 0.132 e. The number of fused-ring (bicyclic) bond motifs is 1. The van der Waals surface area contributed by atoms with E-state index in [1.807, 2.05) is 32.6 Å². The van der Waals surface area contributed by atoms with Crippen molar-refractivity contribution in [2.24, 2.45) is 10.9 Å². The van der Waals surface area contributed by atoms with E-state index in [0.717, 1.165) is 48.4 Å². The molecule has 3 aliphatic rings. The van der Waals surface area contributed by atoms with Gasteiger partial charge in [0.2, 0.25) is 0 Å². The summed E-state index contributed by atoms with van der Waals surface area (Å²) in [6.07, 6.45) is 18.9. The van der Waals surface area contributed by atoms with E-state index in [2.05, 4.69) is 68.7 Å². The van der Waals surface area contributed by atoms with Gasteiger partial charge in [0.1, 0.15) is 11.7 Å². The van der Waals surface area contributed by atoms with Crippen molar-refractivity contribution in [2.75, 3.05) is 27.7 Å². The minimum Gasteiger partial charge on any atom is -0.380 e. The molecule has 0 bridgehead atoms. The Morgan fingerprint density at radius 3 is 2.77 bits per heavy atom. The largest absolute Gasteiger partial charge is 0.380 e. The van der Waals surface area contributed by atoms with Crippen molar-refractivity contribution in [1.29, 1.82) is 0 Å². The van der Waals surface area contributed by atoms with Gasteiger partial charge in [-0.1, -0.05) is 31.6 Å². The Morgan fingerprint density at radius 1 is 1.37 bits per heavy atom. The summed E-state index contributed by atoms with van der Waals surface area (Å²) in [4.78, 5) is 12.9. The monoisotopic (exact) mass is 408 g/mol. The number of nitrogens with one attached hydrogen (secondary N) is 1. The molecular weight excluding hydrogens is 372 g/mol. The zero-order valence-corrected chi connectivity index (χ0v) is 18.9. The van der Waals surface area contributed by atoms with Crippen molar-refractivity contribution >= 4 is 17.6 Å². The summed E-state index contributed by atoms with van der Waals surface area (Å²) in [5.74, 6) is 3.00. The molecule has 0 spiro atoms. The van der Waals surface area contributed by atoms with Gasteiger partial charge in [-0.2, -0.15) is 0 Å². The number of aliphatic imine (C=N–C) groups is 1. The third-order valence-corrected chi connectivity index (χ3v) is 5.98. The van der Waals surface area contributed by atoms with Gasteiger partial charge in [0.25, 0.3) is 0 Å². The molecule has 1 aliphatic carbocycles. The molecule has 6 nitrogen and oxygen atoms in total. The average molecular weight is 409 g/mol. The van der Waals surface area contributed by atoms with Crippen LogP contribution in [-0.4, -0.2) is 52.9 Å². The SMILES string of the molecule is C=C/C(=C\N(C)CC)c1cnc2n1C=CN(C)C2.CN=C1CC=C(C2CCCC2)N1. The molecule has 1 saturated carbocycles. The molecule has 162 valence electrons. The highest BCUT2D eigenvalue weighted by Gasteiger charge is 2.22. The molecule has 1 aromatic heterocycles. The van der Waals surface area contributed by atoms with Crippen molar-refractivity contribution in [3.63, 3.8) is 0 Å². The van der Waals surface area contributed by atoms with E-state index < -0.39 is 0 Å². The summed E-state index contributed by atoms with van der Waals surface area (Å²) >= 11 is 0. The van der Waals surface area contributed by atoms with Crippen LogP contribution in [0.5, 0.6) is 0 Å². The molecular formula is C24H36N6. The van der Waals surface area contributed by atoms with Crippen LogP contribution in [0.1, 0.15) is 50.5 Å². The summed E-state index contributed by atoms with van der Waals surface area (Å²) in [6.45, 7) is 7.83. The Morgan fingerprint density at radius 2 is 2.13 bits per heavy atom. The van der Waals surface area contributed by atoms with Crippen LogP contribution in [0.15, 0.2) is 48.0 Å². The number of rotatable bonds is 5. The van der Waals surface area contributed by atoms with Gasteiger partial charge in [0.05, 0.1) is 18.4 Å². The van der Waals surface area contributed by atoms with Gasteiger partial charge >= 0.3 is 0 Å². The zero-order chi connectivity index (χ0) is 21.5. The van der Waals surface area contributed by atoms with Crippen molar-refractivity contribution in [2.45, 2.75) is 45.6 Å². The lowest BCUT2D eigenvalue weighted by Gasteiger charge is -2.20. The highest BCUT2D eigenvalue weighted by atomic mass is 15.2. The third-order valence-electron chi connectivity index (χ3n) is 5.98. The van der Waals surface area contributed by atoms with Crippen LogP contribution in [0.2, 0.25) is 0 Å². The van der Waals surface area contributed by atoms with Gasteiger partial charge in [-0.15, -0.1) is 0 Å². The van der Waals surface area contributed by atoms with Crippen LogP contribution in [0.25, 0.3) is 11.8 Å². The molecule has 3 heterocycles. The maximum absolute atomic E-state index is 4.47. The maximum atomic E-state index is 4.47. The molecule has 0 aromatic carbocycles. The number of allylic oxidation sites excluding steroid dienone is 3. The average Bonchev–Trinajstić information content (AvgIpc) is 3.52. The molecule has 0 saturated heterocycles. The number of nitrogens with zero attached hydrogens (tertiary/aromatic N) is 5. The number of amidine groups is 1. The molecule has 0 radical (unpaired) electrons. The molecule has 1 N–H and O–H groups in total. The van der Waals surface area contributed by atoms with Gasteiger partial charge in [0.15, 0.2) is 0 Å². The van der Waals surface area contributed by atoms with Crippen LogP contribution in [0.3, 0.4) is 0 Å². The second-order valence-electron chi connectivity index (χ2n) is 8.14. The molecule has 4 rings (SSSR count). The molecule has 2 aliphatic heterocycles. The maximum Gasteiger partial charge on any atom is 0.132 e. The zero-order valence-electron chi connectivity index (χ0n) is 18.9. The van der Waals surface area contributed by atoms with Crippen LogP contribution < -0.4 is 5.32 Å². The number of aromatic nitrogens is 2. The van der Waals surface area contributed by atoms with E-state index >= 15 is 0 Å². The Bertz CT molecular complexity index is 851. The molecule has 1 fully saturated rings. The predicted octanol–water partition coefficient (Wildman–Crippen LogP) is 4.32. The normalized spacial score (nSPS) is 19.9. The first kappa shape index (κ1) is 21.9. The Kier molecular flexibility index (Phi) is 7.55. The fraction of sp³-hybridized carbons (Fsp3) is 0.500. The number of imidazole rings is 1. The highest BCUT2D eigenvalue weighted by molar-refractivity contribution is 5.87. The highest BCUT2D eigenvalue weighted by Crippen LogP contribution is 2.31. The minimum absolute atomic E-state index is 0.809. The van der Waals surface area contributed by atoms with Crippen molar-refractivity contribution < 1.29 is 0 Å². The molecule has 30 heavy (non-hydrogen) atoms. The van der Waals surface area contributed by atoms with E-state index in [1.54, 1.807) is 0 Å². The van der Waals surface area contributed by atoms with Crippen LogP contribution in [-0.2, 0) is 6.54 Å². The summed E-state index contributed by atoms with van der Waals surface area (Å²) in [6, 6.07) is 0. The minimum atomic E-state index is 0.809. The molecule has 0 unspecified atom stereocenters. The lowest BCUT2D eigenvalue weighted by Crippen LogP contribution is -2.19. The Balaban J connectivity index is 0.000000184. The summed E-state index contributed by atoms with van der Waals surface area (Å²) < 4.78 is 2.12. The topological polar surface area (TPSA) is 48.7 Å². The first-order valence-corrected chi connectivity index (χ1v) is 11.0. The standard InChI is InChI=1S/C14H20N4.C10H16N2/c1-5-12(10-16(3)6-2)13-9-15-14-11-17(4)7-8-18(13)14;1-11-10-7-6-9(12-10)8-4-2-3-5-8/h5,7-10H,1,6,11H2,2-4H3;6,8H,2-5,7H2,1H3,(H,11,12)/b12-10+;. The summed E-state index contributed by atoms with van der Waals surface area (Å²) in [7, 11) is 5.96. The van der Waals surface area contributed by atoms with Gasteiger partial charge in [-0.25, -0.2) is 4.98 Å².